The van der Waals surface area contributed by atoms with Crippen LogP contribution in [0.25, 0.3) is 0 Å². The minimum absolute atomic E-state index is 0.159. The SMILES string of the molecule is CCSCCC(C)NCC(=O)NC1CCCC1. The van der Waals surface area contributed by atoms with Crippen molar-refractivity contribution >= 4 is 17.7 Å². The molecule has 1 atom stereocenters. The van der Waals surface area contributed by atoms with Crippen LogP contribution in [0.1, 0.15) is 46.0 Å². The molecule has 1 saturated carbocycles. The molecule has 0 spiro atoms. The number of hydrogen-bond acceptors (Lipinski definition) is 3. The third kappa shape index (κ3) is 6.94. The summed E-state index contributed by atoms with van der Waals surface area (Å²) in [6.07, 6.45) is 5.99. The van der Waals surface area contributed by atoms with E-state index in [-0.39, 0.29) is 5.91 Å². The highest BCUT2D eigenvalue weighted by Crippen LogP contribution is 2.17. The van der Waals surface area contributed by atoms with Crippen molar-refractivity contribution in [2.24, 2.45) is 0 Å². The van der Waals surface area contributed by atoms with Crippen LogP contribution in [0.4, 0.5) is 0 Å². The van der Waals surface area contributed by atoms with Gasteiger partial charge in [-0.1, -0.05) is 19.8 Å². The lowest BCUT2D eigenvalue weighted by Crippen LogP contribution is -2.41. The molecule has 0 aromatic carbocycles. The Morgan fingerprint density at radius 3 is 2.76 bits per heavy atom. The van der Waals surface area contributed by atoms with Crippen molar-refractivity contribution in [1.82, 2.24) is 10.6 Å². The van der Waals surface area contributed by atoms with Gasteiger partial charge >= 0.3 is 0 Å². The predicted octanol–water partition coefficient (Wildman–Crippen LogP) is 2.17. The molecule has 3 nitrogen and oxygen atoms in total. The summed E-state index contributed by atoms with van der Waals surface area (Å²) < 4.78 is 0. The molecular formula is C13H26N2OS. The second kappa shape index (κ2) is 8.81. The van der Waals surface area contributed by atoms with E-state index in [1.54, 1.807) is 0 Å². The summed E-state index contributed by atoms with van der Waals surface area (Å²) >= 11 is 1.96. The van der Waals surface area contributed by atoms with E-state index in [1.165, 1.54) is 24.3 Å². The molecule has 1 aliphatic rings. The third-order valence-electron chi connectivity index (χ3n) is 3.23. The molecule has 0 bridgehead atoms. The number of rotatable bonds is 8. The first-order chi connectivity index (χ1) is 8.22. The van der Waals surface area contributed by atoms with E-state index in [0.717, 1.165) is 19.3 Å². The van der Waals surface area contributed by atoms with Crippen LogP contribution >= 0.6 is 11.8 Å². The summed E-state index contributed by atoms with van der Waals surface area (Å²) in [6.45, 7) is 4.80. The van der Waals surface area contributed by atoms with Crippen molar-refractivity contribution < 1.29 is 4.79 Å². The van der Waals surface area contributed by atoms with E-state index < -0.39 is 0 Å². The molecule has 0 radical (unpaired) electrons. The van der Waals surface area contributed by atoms with E-state index in [0.29, 0.717) is 18.6 Å². The average Bonchev–Trinajstić information content (AvgIpc) is 2.79. The molecule has 0 aromatic rings. The molecule has 0 aliphatic heterocycles. The summed E-state index contributed by atoms with van der Waals surface area (Å²) in [5.74, 6) is 2.51. The van der Waals surface area contributed by atoms with Gasteiger partial charge in [-0.25, -0.2) is 0 Å². The zero-order valence-electron chi connectivity index (χ0n) is 11.1. The maximum Gasteiger partial charge on any atom is 0.234 e. The summed E-state index contributed by atoms with van der Waals surface area (Å²) in [6, 6.07) is 0.874. The van der Waals surface area contributed by atoms with Crippen LogP contribution in [-0.4, -0.2) is 36.0 Å². The molecule has 100 valence electrons. The highest BCUT2D eigenvalue weighted by atomic mass is 32.2. The monoisotopic (exact) mass is 258 g/mol. The van der Waals surface area contributed by atoms with Gasteiger partial charge in [0.2, 0.25) is 5.91 Å². The predicted molar refractivity (Wildman–Crippen MR) is 75.5 cm³/mol. The minimum atomic E-state index is 0.159. The quantitative estimate of drug-likeness (QED) is 0.656. The Hall–Kier alpha value is -0.220. The molecule has 2 N–H and O–H groups in total. The first-order valence-corrected chi connectivity index (χ1v) is 7.98. The number of carbonyl (C=O) groups excluding carboxylic acids is 1. The van der Waals surface area contributed by atoms with Gasteiger partial charge in [-0.3, -0.25) is 4.79 Å². The van der Waals surface area contributed by atoms with Crippen molar-refractivity contribution in [2.75, 3.05) is 18.1 Å². The third-order valence-corrected chi connectivity index (χ3v) is 4.16. The second-order valence-electron chi connectivity index (χ2n) is 4.82. The van der Waals surface area contributed by atoms with Gasteiger partial charge in [0.15, 0.2) is 0 Å². The van der Waals surface area contributed by atoms with Gasteiger partial charge in [0.1, 0.15) is 0 Å². The zero-order chi connectivity index (χ0) is 12.5. The van der Waals surface area contributed by atoms with Crippen molar-refractivity contribution in [3.63, 3.8) is 0 Å². The number of amides is 1. The number of thioether (sulfide) groups is 1. The van der Waals surface area contributed by atoms with E-state index >= 15 is 0 Å². The molecule has 17 heavy (non-hydrogen) atoms. The molecular weight excluding hydrogens is 232 g/mol. The van der Waals surface area contributed by atoms with Crippen LogP contribution in [0.5, 0.6) is 0 Å². The lowest BCUT2D eigenvalue weighted by atomic mass is 10.2. The van der Waals surface area contributed by atoms with Gasteiger partial charge in [-0.05, 0) is 37.7 Å². The van der Waals surface area contributed by atoms with Crippen LogP contribution in [0.3, 0.4) is 0 Å². The van der Waals surface area contributed by atoms with Gasteiger partial charge in [0.05, 0.1) is 6.54 Å². The zero-order valence-corrected chi connectivity index (χ0v) is 11.9. The van der Waals surface area contributed by atoms with Crippen LogP contribution in [0.15, 0.2) is 0 Å². The van der Waals surface area contributed by atoms with Crippen LogP contribution < -0.4 is 10.6 Å². The number of carbonyl (C=O) groups is 1. The fraction of sp³-hybridized carbons (Fsp3) is 0.923. The normalized spacial score (nSPS) is 18.2. The number of nitrogens with one attached hydrogen (secondary N) is 2. The lowest BCUT2D eigenvalue weighted by Gasteiger charge is -2.15. The molecule has 1 rings (SSSR count). The molecule has 1 unspecified atom stereocenters. The highest BCUT2D eigenvalue weighted by Gasteiger charge is 2.16. The van der Waals surface area contributed by atoms with Crippen molar-refractivity contribution in [2.45, 2.75) is 58.0 Å². The summed E-state index contributed by atoms with van der Waals surface area (Å²) in [5.41, 5.74) is 0. The maximum absolute atomic E-state index is 11.7. The van der Waals surface area contributed by atoms with Crippen LogP contribution in [-0.2, 0) is 4.79 Å². The van der Waals surface area contributed by atoms with Crippen molar-refractivity contribution in [3.8, 4) is 0 Å². The molecule has 0 aromatic heterocycles. The Labute approximate surface area is 109 Å². The molecule has 4 heteroatoms. The Balaban J connectivity index is 2.01. The van der Waals surface area contributed by atoms with Gasteiger partial charge in [0.25, 0.3) is 0 Å². The summed E-state index contributed by atoms with van der Waals surface area (Å²) in [7, 11) is 0. The Kier molecular flexibility index (Phi) is 7.69. The maximum atomic E-state index is 11.7. The van der Waals surface area contributed by atoms with Gasteiger partial charge in [-0.15, -0.1) is 0 Å². The molecule has 1 amide bonds. The van der Waals surface area contributed by atoms with Crippen molar-refractivity contribution in [3.05, 3.63) is 0 Å². The Bertz CT molecular complexity index is 217. The number of hydrogen-bond donors (Lipinski definition) is 2. The van der Waals surface area contributed by atoms with E-state index in [4.69, 9.17) is 0 Å². The fourth-order valence-corrected chi connectivity index (χ4v) is 2.93. The Morgan fingerprint density at radius 2 is 2.12 bits per heavy atom. The Morgan fingerprint density at radius 1 is 1.41 bits per heavy atom. The van der Waals surface area contributed by atoms with Crippen LogP contribution in [0, 0.1) is 0 Å². The van der Waals surface area contributed by atoms with E-state index in [1.807, 2.05) is 11.8 Å². The topological polar surface area (TPSA) is 41.1 Å². The van der Waals surface area contributed by atoms with Crippen LogP contribution in [0.2, 0.25) is 0 Å². The standard InChI is InChI=1S/C13H26N2OS/c1-3-17-9-8-11(2)14-10-13(16)15-12-6-4-5-7-12/h11-12,14H,3-10H2,1-2H3,(H,15,16). The van der Waals surface area contributed by atoms with Gasteiger partial charge in [-0.2, -0.15) is 11.8 Å². The lowest BCUT2D eigenvalue weighted by molar-refractivity contribution is -0.121. The second-order valence-corrected chi connectivity index (χ2v) is 6.21. The highest BCUT2D eigenvalue weighted by molar-refractivity contribution is 7.99. The first kappa shape index (κ1) is 14.8. The molecule has 0 saturated heterocycles. The van der Waals surface area contributed by atoms with Gasteiger partial charge in [0, 0.05) is 12.1 Å². The molecule has 1 fully saturated rings. The van der Waals surface area contributed by atoms with E-state index in [9.17, 15) is 4.79 Å². The smallest absolute Gasteiger partial charge is 0.234 e. The average molecular weight is 258 g/mol. The molecule has 1 aliphatic carbocycles. The van der Waals surface area contributed by atoms with E-state index in [2.05, 4.69) is 24.5 Å². The summed E-state index contributed by atoms with van der Waals surface area (Å²) in [4.78, 5) is 11.7. The van der Waals surface area contributed by atoms with Gasteiger partial charge < -0.3 is 10.6 Å². The van der Waals surface area contributed by atoms with Crippen molar-refractivity contribution in [1.29, 1.82) is 0 Å². The fourth-order valence-electron chi connectivity index (χ4n) is 2.12. The molecule has 0 heterocycles. The minimum Gasteiger partial charge on any atom is -0.352 e. The summed E-state index contributed by atoms with van der Waals surface area (Å²) in [5, 5.41) is 6.38. The largest absolute Gasteiger partial charge is 0.352 e. The first-order valence-electron chi connectivity index (χ1n) is 6.83.